The predicted molar refractivity (Wildman–Crippen MR) is 115 cm³/mol. The molecule has 152 valence electrons. The van der Waals surface area contributed by atoms with Crippen molar-refractivity contribution in [3.63, 3.8) is 0 Å². The second-order valence-corrected chi connectivity index (χ2v) is 7.75. The smallest absolute Gasteiger partial charge is 0.332 e. The van der Waals surface area contributed by atoms with Gasteiger partial charge in [0.1, 0.15) is 0 Å². The third-order valence-electron chi connectivity index (χ3n) is 5.58. The molecule has 0 aliphatic rings. The highest BCUT2D eigenvalue weighted by molar-refractivity contribution is 6.31. The lowest BCUT2D eigenvalue weighted by molar-refractivity contribution is 0.705. The molecular formula is C20H23ClN6O2. The molecule has 29 heavy (non-hydrogen) atoms. The molecule has 0 aliphatic heterocycles. The van der Waals surface area contributed by atoms with E-state index in [0.717, 1.165) is 32.2 Å². The summed E-state index contributed by atoms with van der Waals surface area (Å²) in [4.78, 5) is 29.7. The SMILES string of the molecule is Cc1ccc(NCCn2c(C)c(C)n3c4c(=O)n(C)c(=O)n(C)c4nc23)cc1Cl. The van der Waals surface area contributed by atoms with Gasteiger partial charge >= 0.3 is 5.69 Å². The monoisotopic (exact) mass is 414 g/mol. The van der Waals surface area contributed by atoms with Gasteiger partial charge in [0, 0.05) is 49.3 Å². The van der Waals surface area contributed by atoms with Crippen LogP contribution < -0.4 is 16.6 Å². The average molecular weight is 415 g/mol. The Hall–Kier alpha value is -3.00. The number of hydrogen-bond donors (Lipinski definition) is 1. The van der Waals surface area contributed by atoms with Crippen molar-refractivity contribution in [3.8, 4) is 0 Å². The molecule has 0 radical (unpaired) electrons. The van der Waals surface area contributed by atoms with E-state index >= 15 is 0 Å². The maximum absolute atomic E-state index is 12.8. The van der Waals surface area contributed by atoms with E-state index in [9.17, 15) is 9.59 Å². The van der Waals surface area contributed by atoms with Crippen molar-refractivity contribution < 1.29 is 0 Å². The summed E-state index contributed by atoms with van der Waals surface area (Å²) in [6, 6.07) is 5.88. The third kappa shape index (κ3) is 2.86. The number of halogens is 1. The number of fused-ring (bicyclic) bond motifs is 3. The van der Waals surface area contributed by atoms with Gasteiger partial charge in [0.05, 0.1) is 0 Å². The lowest BCUT2D eigenvalue weighted by atomic mass is 10.2. The van der Waals surface area contributed by atoms with Crippen molar-refractivity contribution in [1.82, 2.24) is 23.1 Å². The van der Waals surface area contributed by atoms with Gasteiger partial charge in [0.15, 0.2) is 11.2 Å². The maximum atomic E-state index is 12.8. The highest BCUT2D eigenvalue weighted by atomic mass is 35.5. The summed E-state index contributed by atoms with van der Waals surface area (Å²) in [5, 5.41) is 4.10. The quantitative estimate of drug-likeness (QED) is 0.556. The number of aryl methyl sites for hydroxylation is 3. The van der Waals surface area contributed by atoms with Gasteiger partial charge in [0.25, 0.3) is 5.56 Å². The highest BCUT2D eigenvalue weighted by Gasteiger charge is 2.21. The molecule has 0 bridgehead atoms. The molecule has 4 rings (SSSR count). The number of hydrogen-bond acceptors (Lipinski definition) is 4. The average Bonchev–Trinajstić information content (AvgIpc) is 3.19. The van der Waals surface area contributed by atoms with Gasteiger partial charge in [-0.3, -0.25) is 18.3 Å². The van der Waals surface area contributed by atoms with E-state index in [2.05, 4.69) is 14.9 Å². The Kier molecular flexibility index (Phi) is 4.53. The molecule has 0 amide bonds. The lowest BCUT2D eigenvalue weighted by Gasteiger charge is -2.10. The summed E-state index contributed by atoms with van der Waals surface area (Å²) in [5.74, 6) is 0.650. The molecule has 0 saturated heterocycles. The van der Waals surface area contributed by atoms with E-state index in [0.29, 0.717) is 30.0 Å². The fraction of sp³-hybridized carbons (Fsp3) is 0.350. The van der Waals surface area contributed by atoms with Crippen LogP contribution in [0.3, 0.4) is 0 Å². The normalized spacial score (nSPS) is 11.7. The van der Waals surface area contributed by atoms with Crippen LogP contribution in [-0.2, 0) is 20.6 Å². The zero-order valence-electron chi connectivity index (χ0n) is 17.1. The summed E-state index contributed by atoms with van der Waals surface area (Å²) < 4.78 is 6.43. The number of imidazole rings is 2. The minimum Gasteiger partial charge on any atom is -0.383 e. The van der Waals surface area contributed by atoms with Gasteiger partial charge in [-0.05, 0) is 38.5 Å². The molecule has 8 nitrogen and oxygen atoms in total. The maximum Gasteiger partial charge on any atom is 0.332 e. The first-order chi connectivity index (χ1) is 13.7. The second-order valence-electron chi connectivity index (χ2n) is 7.34. The van der Waals surface area contributed by atoms with Crippen LogP contribution in [0.15, 0.2) is 27.8 Å². The molecule has 0 fully saturated rings. The van der Waals surface area contributed by atoms with Gasteiger partial charge in [-0.25, -0.2) is 4.79 Å². The Morgan fingerprint density at radius 2 is 1.79 bits per heavy atom. The molecule has 0 atom stereocenters. The predicted octanol–water partition coefficient (Wildman–Crippen LogP) is 2.38. The largest absolute Gasteiger partial charge is 0.383 e. The summed E-state index contributed by atoms with van der Waals surface area (Å²) in [5.41, 5.74) is 4.01. The molecule has 0 aliphatic carbocycles. The molecule has 4 aromatic rings. The number of aromatic nitrogens is 5. The van der Waals surface area contributed by atoms with E-state index < -0.39 is 0 Å². The lowest BCUT2D eigenvalue weighted by Crippen LogP contribution is -2.37. The van der Waals surface area contributed by atoms with Gasteiger partial charge < -0.3 is 9.88 Å². The van der Waals surface area contributed by atoms with Crippen LogP contribution in [0.1, 0.15) is 17.0 Å². The molecule has 0 spiro atoms. The van der Waals surface area contributed by atoms with Gasteiger partial charge in [-0.1, -0.05) is 17.7 Å². The van der Waals surface area contributed by atoms with Crippen LogP contribution in [0.2, 0.25) is 5.02 Å². The zero-order chi connectivity index (χ0) is 21.0. The molecule has 1 N–H and O–H groups in total. The zero-order valence-corrected chi connectivity index (χ0v) is 17.8. The first-order valence-electron chi connectivity index (χ1n) is 9.36. The molecule has 1 aromatic carbocycles. The van der Waals surface area contributed by atoms with Crippen molar-refractivity contribution in [2.24, 2.45) is 14.1 Å². The molecular weight excluding hydrogens is 392 g/mol. The molecule has 3 heterocycles. The van der Waals surface area contributed by atoms with E-state index in [-0.39, 0.29) is 11.2 Å². The fourth-order valence-electron chi connectivity index (χ4n) is 3.67. The Balaban J connectivity index is 1.77. The summed E-state index contributed by atoms with van der Waals surface area (Å²) in [6.07, 6.45) is 0. The second kappa shape index (κ2) is 6.81. The van der Waals surface area contributed by atoms with E-state index in [4.69, 9.17) is 11.6 Å². The van der Waals surface area contributed by atoms with Crippen molar-refractivity contribution in [3.05, 3.63) is 61.0 Å². The minimum absolute atomic E-state index is 0.344. The van der Waals surface area contributed by atoms with Crippen molar-refractivity contribution in [1.29, 1.82) is 0 Å². The van der Waals surface area contributed by atoms with Gasteiger partial charge in [0.2, 0.25) is 5.78 Å². The fourth-order valence-corrected chi connectivity index (χ4v) is 3.85. The first kappa shape index (κ1) is 19.3. The van der Waals surface area contributed by atoms with Crippen molar-refractivity contribution in [2.45, 2.75) is 27.3 Å². The van der Waals surface area contributed by atoms with Gasteiger partial charge in [-0.2, -0.15) is 4.98 Å². The van der Waals surface area contributed by atoms with Crippen LogP contribution in [0.25, 0.3) is 16.9 Å². The number of nitrogens with one attached hydrogen (secondary N) is 1. The summed E-state index contributed by atoms with van der Waals surface area (Å²) in [6.45, 7) is 7.23. The Bertz CT molecular complexity index is 1390. The molecule has 0 unspecified atom stereocenters. The van der Waals surface area contributed by atoms with E-state index in [1.807, 2.05) is 43.4 Å². The van der Waals surface area contributed by atoms with Gasteiger partial charge in [-0.15, -0.1) is 0 Å². The summed E-state index contributed by atoms with van der Waals surface area (Å²) in [7, 11) is 3.12. The van der Waals surface area contributed by atoms with Crippen LogP contribution >= 0.6 is 11.6 Å². The number of benzene rings is 1. The van der Waals surface area contributed by atoms with Crippen LogP contribution in [-0.4, -0.2) is 29.6 Å². The van der Waals surface area contributed by atoms with E-state index in [1.165, 1.54) is 11.6 Å². The Morgan fingerprint density at radius 3 is 2.48 bits per heavy atom. The van der Waals surface area contributed by atoms with E-state index in [1.54, 1.807) is 7.05 Å². The standard InChI is InChI=1S/C20H23ClN6O2/c1-11-6-7-14(10-15(11)21)22-8-9-26-12(2)13(3)27-16-17(23-19(26)27)24(4)20(29)25(5)18(16)28/h6-7,10,22H,8-9H2,1-5H3. The minimum atomic E-state index is -0.387. The molecule has 3 aromatic heterocycles. The highest BCUT2D eigenvalue weighted by Crippen LogP contribution is 2.22. The third-order valence-corrected chi connectivity index (χ3v) is 5.99. The van der Waals surface area contributed by atoms with Crippen molar-refractivity contribution in [2.75, 3.05) is 11.9 Å². The van der Waals surface area contributed by atoms with Crippen LogP contribution in [0.4, 0.5) is 5.69 Å². The Morgan fingerprint density at radius 1 is 1.07 bits per heavy atom. The topological polar surface area (TPSA) is 78.3 Å². The van der Waals surface area contributed by atoms with Crippen LogP contribution in [0.5, 0.6) is 0 Å². The number of anilines is 1. The van der Waals surface area contributed by atoms with Crippen LogP contribution in [0, 0.1) is 20.8 Å². The number of rotatable bonds is 4. The molecule has 9 heteroatoms. The molecule has 0 saturated carbocycles. The first-order valence-corrected chi connectivity index (χ1v) is 9.74. The Labute approximate surface area is 172 Å². The number of nitrogens with zero attached hydrogens (tertiary/aromatic N) is 5. The van der Waals surface area contributed by atoms with Crippen molar-refractivity contribution >= 4 is 34.2 Å². The summed E-state index contributed by atoms with van der Waals surface area (Å²) >= 11 is 6.20.